The lowest BCUT2D eigenvalue weighted by Crippen LogP contribution is -2.27. The third kappa shape index (κ3) is 2.63. The lowest BCUT2D eigenvalue weighted by Gasteiger charge is -2.31. The summed E-state index contributed by atoms with van der Waals surface area (Å²) in [6.45, 7) is 0. The van der Waals surface area contributed by atoms with E-state index in [0.717, 1.165) is 5.46 Å². The van der Waals surface area contributed by atoms with Gasteiger partial charge in [-0.25, -0.2) is 0 Å². The highest BCUT2D eigenvalue weighted by atomic mass is 16.2. The zero-order valence-corrected chi connectivity index (χ0v) is 20.3. The van der Waals surface area contributed by atoms with Crippen molar-refractivity contribution in [2.24, 2.45) is 0 Å². The van der Waals surface area contributed by atoms with Crippen LogP contribution >= 0.6 is 0 Å². The molecule has 6 aromatic carbocycles. The standard InChI is InChI=1S/C35H23BO/c37-36-24-17-19-30-29-18-16-23(26-13-7-9-22-8-1-2-10-25(22)26)20-33(29)35(34(30)21-24)31-14-5-3-11-27(31)28-12-4-6-15-32(28)35/h1-21,36-37H. The summed E-state index contributed by atoms with van der Waals surface area (Å²) < 4.78 is 0. The van der Waals surface area contributed by atoms with Crippen LogP contribution in [0.5, 0.6) is 0 Å². The Labute approximate surface area is 217 Å². The van der Waals surface area contributed by atoms with Gasteiger partial charge in [0.1, 0.15) is 0 Å². The topological polar surface area (TPSA) is 20.2 Å². The summed E-state index contributed by atoms with van der Waals surface area (Å²) in [5.74, 6) is 0. The predicted molar refractivity (Wildman–Crippen MR) is 155 cm³/mol. The molecule has 0 fully saturated rings. The Bertz CT molecular complexity index is 1830. The van der Waals surface area contributed by atoms with Crippen LogP contribution in [0.25, 0.3) is 44.2 Å². The zero-order valence-electron chi connectivity index (χ0n) is 20.3. The smallest absolute Gasteiger partial charge is 0.304 e. The molecule has 2 heteroatoms. The highest BCUT2D eigenvalue weighted by molar-refractivity contribution is 6.45. The molecular formula is C35H23BO. The molecule has 0 saturated carbocycles. The third-order valence-corrected chi connectivity index (χ3v) is 8.44. The van der Waals surface area contributed by atoms with Crippen molar-refractivity contribution in [2.45, 2.75) is 5.41 Å². The second-order valence-corrected chi connectivity index (χ2v) is 10.2. The number of fused-ring (bicyclic) bond motifs is 11. The Balaban J connectivity index is 1.51. The molecule has 37 heavy (non-hydrogen) atoms. The van der Waals surface area contributed by atoms with E-state index in [4.69, 9.17) is 0 Å². The Morgan fingerprint density at radius 3 is 1.78 bits per heavy atom. The summed E-state index contributed by atoms with van der Waals surface area (Å²) in [7, 11) is 0.0320. The van der Waals surface area contributed by atoms with Gasteiger partial charge in [0.15, 0.2) is 0 Å². The van der Waals surface area contributed by atoms with Gasteiger partial charge in [-0.05, 0) is 72.5 Å². The van der Waals surface area contributed by atoms with E-state index < -0.39 is 5.41 Å². The van der Waals surface area contributed by atoms with Gasteiger partial charge < -0.3 is 5.02 Å². The molecule has 1 spiro atoms. The van der Waals surface area contributed by atoms with Gasteiger partial charge in [-0.2, -0.15) is 0 Å². The van der Waals surface area contributed by atoms with Crippen LogP contribution in [0.2, 0.25) is 0 Å². The first kappa shape index (κ1) is 20.8. The van der Waals surface area contributed by atoms with Gasteiger partial charge in [0, 0.05) is 0 Å². The highest BCUT2D eigenvalue weighted by Crippen LogP contribution is 2.62. The molecule has 6 aromatic rings. The minimum absolute atomic E-state index is 0.0320. The number of hydrogen-bond donors (Lipinski definition) is 1. The molecule has 0 atom stereocenters. The quantitative estimate of drug-likeness (QED) is 0.275. The Morgan fingerprint density at radius 2 is 1.03 bits per heavy atom. The van der Waals surface area contributed by atoms with Crippen LogP contribution in [0.1, 0.15) is 22.3 Å². The summed E-state index contributed by atoms with van der Waals surface area (Å²) >= 11 is 0. The van der Waals surface area contributed by atoms with Crippen molar-refractivity contribution in [3.63, 3.8) is 0 Å². The van der Waals surface area contributed by atoms with Crippen molar-refractivity contribution in [1.29, 1.82) is 0 Å². The maximum atomic E-state index is 10.1. The molecule has 1 nitrogen and oxygen atoms in total. The minimum Gasteiger partial charge on any atom is -0.449 e. The van der Waals surface area contributed by atoms with Crippen molar-refractivity contribution >= 4 is 23.7 Å². The Hall–Kier alpha value is -4.40. The van der Waals surface area contributed by atoms with Gasteiger partial charge in [-0.3, -0.25) is 0 Å². The van der Waals surface area contributed by atoms with E-state index in [2.05, 4.69) is 127 Å². The zero-order chi connectivity index (χ0) is 24.6. The average molecular weight is 470 g/mol. The third-order valence-electron chi connectivity index (χ3n) is 8.44. The lowest BCUT2D eigenvalue weighted by molar-refractivity contribution is 0.615. The van der Waals surface area contributed by atoms with E-state index in [1.54, 1.807) is 0 Å². The normalized spacial score (nSPS) is 13.8. The molecule has 0 radical (unpaired) electrons. The molecule has 0 amide bonds. The van der Waals surface area contributed by atoms with Gasteiger partial charge in [-0.15, -0.1) is 0 Å². The SMILES string of the molecule is OBc1ccc2c(c1)C1(c3ccccc3-c3ccccc31)c1cc(-c3cccc4ccccc34)ccc1-2. The minimum atomic E-state index is -0.413. The fourth-order valence-corrected chi connectivity index (χ4v) is 6.93. The van der Waals surface area contributed by atoms with E-state index in [9.17, 15) is 5.02 Å². The predicted octanol–water partition coefficient (Wildman–Crippen LogP) is 6.82. The maximum absolute atomic E-state index is 10.1. The molecule has 8 rings (SSSR count). The average Bonchev–Trinajstić information content (AvgIpc) is 3.43. The van der Waals surface area contributed by atoms with Gasteiger partial charge in [0.2, 0.25) is 0 Å². The molecule has 0 aliphatic heterocycles. The number of rotatable bonds is 2. The number of benzene rings is 6. The summed E-state index contributed by atoms with van der Waals surface area (Å²) in [4.78, 5) is 0. The van der Waals surface area contributed by atoms with E-state index in [0.29, 0.717) is 0 Å². The first-order valence-electron chi connectivity index (χ1n) is 12.9. The largest absolute Gasteiger partial charge is 0.449 e. The first-order chi connectivity index (χ1) is 18.3. The van der Waals surface area contributed by atoms with Crippen LogP contribution in [0.4, 0.5) is 0 Å². The molecule has 172 valence electrons. The second-order valence-electron chi connectivity index (χ2n) is 10.2. The molecule has 1 N–H and O–H groups in total. The first-order valence-corrected chi connectivity index (χ1v) is 12.9. The van der Waals surface area contributed by atoms with Gasteiger partial charge in [0.05, 0.1) is 5.41 Å². The molecule has 0 bridgehead atoms. The van der Waals surface area contributed by atoms with Crippen molar-refractivity contribution in [2.75, 3.05) is 0 Å². The van der Waals surface area contributed by atoms with E-state index in [-0.39, 0.29) is 7.48 Å². The maximum Gasteiger partial charge on any atom is 0.304 e. The van der Waals surface area contributed by atoms with Crippen LogP contribution in [-0.2, 0) is 5.41 Å². The molecule has 2 aliphatic rings. The van der Waals surface area contributed by atoms with Gasteiger partial charge in [0.25, 0.3) is 0 Å². The molecule has 0 unspecified atom stereocenters. The molecule has 2 aliphatic carbocycles. The summed E-state index contributed by atoms with van der Waals surface area (Å²) in [6, 6.07) is 46.4. The highest BCUT2D eigenvalue weighted by Gasteiger charge is 2.51. The van der Waals surface area contributed by atoms with Gasteiger partial charge in [-0.1, -0.05) is 127 Å². The summed E-state index contributed by atoms with van der Waals surface area (Å²) in [5, 5.41) is 12.6. The molecule has 0 aromatic heterocycles. The van der Waals surface area contributed by atoms with E-state index >= 15 is 0 Å². The van der Waals surface area contributed by atoms with Crippen molar-refractivity contribution in [3.8, 4) is 33.4 Å². The number of hydrogen-bond acceptors (Lipinski definition) is 1. The van der Waals surface area contributed by atoms with Crippen LogP contribution in [-0.4, -0.2) is 12.5 Å². The second kappa shape index (κ2) is 7.55. The van der Waals surface area contributed by atoms with Crippen LogP contribution in [0.3, 0.4) is 0 Å². The summed E-state index contributed by atoms with van der Waals surface area (Å²) in [6.07, 6.45) is 0. The van der Waals surface area contributed by atoms with Crippen molar-refractivity contribution in [3.05, 3.63) is 150 Å². The molecule has 0 saturated heterocycles. The van der Waals surface area contributed by atoms with Gasteiger partial charge >= 0.3 is 7.48 Å². The fourth-order valence-electron chi connectivity index (χ4n) is 6.93. The lowest BCUT2D eigenvalue weighted by atomic mass is 9.69. The van der Waals surface area contributed by atoms with E-state index in [1.165, 1.54) is 66.4 Å². The van der Waals surface area contributed by atoms with Crippen LogP contribution < -0.4 is 5.46 Å². The Kier molecular flexibility index (Phi) is 4.24. The fraction of sp³-hybridized carbons (Fsp3) is 0.0286. The monoisotopic (exact) mass is 470 g/mol. The molecule has 0 heterocycles. The van der Waals surface area contributed by atoms with Crippen molar-refractivity contribution < 1.29 is 5.02 Å². The Morgan fingerprint density at radius 1 is 0.459 bits per heavy atom. The van der Waals surface area contributed by atoms with Crippen LogP contribution in [0, 0.1) is 0 Å². The van der Waals surface area contributed by atoms with Crippen molar-refractivity contribution in [1.82, 2.24) is 0 Å². The van der Waals surface area contributed by atoms with Crippen LogP contribution in [0.15, 0.2) is 127 Å². The molecular weight excluding hydrogens is 447 g/mol. The summed E-state index contributed by atoms with van der Waals surface area (Å²) in [5.41, 5.74) is 13.4. The van der Waals surface area contributed by atoms with E-state index in [1.807, 2.05) is 0 Å².